The number of Topliss-reactive ketones (excluding diaryl/α,β-unsaturated/α-hetero) is 1. The van der Waals surface area contributed by atoms with Gasteiger partial charge in [0.1, 0.15) is 0 Å². The summed E-state index contributed by atoms with van der Waals surface area (Å²) in [6, 6.07) is 4.13. The second kappa shape index (κ2) is 5.27. The summed E-state index contributed by atoms with van der Waals surface area (Å²) < 4.78 is 1.21. The van der Waals surface area contributed by atoms with E-state index in [1.807, 2.05) is 19.2 Å². The second-order valence-corrected chi connectivity index (χ2v) is 9.31. The number of likely N-dealkylation sites (tertiary alicyclic amines) is 1. The molecule has 2 aromatic rings. The highest BCUT2D eigenvalue weighted by Crippen LogP contribution is 2.52. The molecule has 1 aromatic heterocycles. The highest BCUT2D eigenvalue weighted by atomic mass is 32.1. The third kappa shape index (κ3) is 2.15. The standard InChI is InChI=1S/C20H25N3OS/c1-11-16-17(24)13-6-7-14-18(25-19(21-3)22-14)15(13)20(11,2)8-9-23(16)10-12-4-5-12/h6-7,11-12,16H,4-5,8-10H2,1-3H3,(H,21,22)/t11-,16-,20-/m0/s1. The summed E-state index contributed by atoms with van der Waals surface area (Å²) in [7, 11) is 1.91. The quantitative estimate of drug-likeness (QED) is 0.907. The van der Waals surface area contributed by atoms with Crippen LogP contribution in [-0.2, 0) is 5.41 Å². The molecule has 3 aliphatic rings. The molecule has 0 spiro atoms. The maximum atomic E-state index is 13.4. The first-order chi connectivity index (χ1) is 12.0. The van der Waals surface area contributed by atoms with E-state index in [1.54, 1.807) is 11.3 Å². The van der Waals surface area contributed by atoms with Crippen LogP contribution >= 0.6 is 11.3 Å². The molecule has 0 amide bonds. The number of carbonyl (C=O) groups excluding carboxylic acids is 1. The van der Waals surface area contributed by atoms with Crippen molar-refractivity contribution in [1.82, 2.24) is 9.88 Å². The lowest BCUT2D eigenvalue weighted by Crippen LogP contribution is -2.61. The Labute approximate surface area is 152 Å². The number of fused-ring (bicyclic) bond motifs is 6. The first-order valence-corrected chi connectivity index (χ1v) is 10.2. The third-order valence-corrected chi connectivity index (χ3v) is 7.96. The molecule has 1 saturated carbocycles. The largest absolute Gasteiger partial charge is 0.365 e. The Hall–Kier alpha value is -1.46. The summed E-state index contributed by atoms with van der Waals surface area (Å²) in [6.07, 6.45) is 3.81. The molecule has 0 radical (unpaired) electrons. The molecule has 25 heavy (non-hydrogen) atoms. The van der Waals surface area contributed by atoms with E-state index in [9.17, 15) is 4.79 Å². The fourth-order valence-corrected chi connectivity index (χ4v) is 6.12. The Morgan fingerprint density at radius 2 is 2.20 bits per heavy atom. The normalized spacial score (nSPS) is 32.0. The van der Waals surface area contributed by atoms with Crippen molar-refractivity contribution in [2.75, 3.05) is 25.5 Å². The van der Waals surface area contributed by atoms with Gasteiger partial charge in [0.2, 0.25) is 0 Å². The molecule has 4 nitrogen and oxygen atoms in total. The molecule has 1 N–H and O–H groups in total. The van der Waals surface area contributed by atoms with E-state index < -0.39 is 0 Å². The van der Waals surface area contributed by atoms with E-state index >= 15 is 0 Å². The molecule has 3 atom stereocenters. The Bertz CT molecular complexity index is 871. The van der Waals surface area contributed by atoms with Gasteiger partial charge < -0.3 is 5.32 Å². The predicted octanol–water partition coefficient (Wildman–Crippen LogP) is 3.91. The molecule has 2 bridgehead atoms. The highest BCUT2D eigenvalue weighted by molar-refractivity contribution is 7.22. The zero-order chi connectivity index (χ0) is 17.3. The molecular formula is C20H25N3OS. The third-order valence-electron chi connectivity index (χ3n) is 6.86. The molecule has 5 heteroatoms. The van der Waals surface area contributed by atoms with Crippen LogP contribution in [0.4, 0.5) is 5.13 Å². The van der Waals surface area contributed by atoms with Crippen LogP contribution in [-0.4, -0.2) is 41.8 Å². The molecule has 5 rings (SSSR count). The first-order valence-electron chi connectivity index (χ1n) is 9.43. The average Bonchev–Trinajstić information content (AvgIpc) is 3.31. The van der Waals surface area contributed by atoms with Crippen molar-refractivity contribution in [3.63, 3.8) is 0 Å². The van der Waals surface area contributed by atoms with Crippen molar-refractivity contribution in [2.24, 2.45) is 11.8 Å². The average molecular weight is 356 g/mol. The Kier molecular flexibility index (Phi) is 3.32. The van der Waals surface area contributed by atoms with Crippen molar-refractivity contribution >= 4 is 32.5 Å². The van der Waals surface area contributed by atoms with E-state index in [4.69, 9.17) is 0 Å². The molecule has 2 aliphatic carbocycles. The number of nitrogens with one attached hydrogen (secondary N) is 1. The van der Waals surface area contributed by atoms with Crippen molar-refractivity contribution in [3.05, 3.63) is 23.3 Å². The lowest BCUT2D eigenvalue weighted by molar-refractivity contribution is 0.0272. The molecule has 132 valence electrons. The van der Waals surface area contributed by atoms with Crippen molar-refractivity contribution in [3.8, 4) is 0 Å². The molecule has 2 heterocycles. The molecule has 1 aromatic carbocycles. The number of rotatable bonds is 3. The molecule has 1 aliphatic heterocycles. The van der Waals surface area contributed by atoms with Gasteiger partial charge in [0.25, 0.3) is 0 Å². The number of anilines is 1. The number of ketones is 1. The summed E-state index contributed by atoms with van der Waals surface area (Å²) in [5.41, 5.74) is 3.30. The number of aromatic nitrogens is 1. The minimum absolute atomic E-state index is 0.0565. The number of nitrogens with zero attached hydrogens (tertiary/aromatic N) is 2. The van der Waals surface area contributed by atoms with Gasteiger partial charge in [-0.05, 0) is 55.3 Å². The maximum Gasteiger partial charge on any atom is 0.183 e. The van der Waals surface area contributed by atoms with Crippen LogP contribution in [0.25, 0.3) is 10.2 Å². The minimum Gasteiger partial charge on any atom is -0.365 e. The van der Waals surface area contributed by atoms with E-state index in [2.05, 4.69) is 29.0 Å². The number of thiazole rings is 1. The van der Waals surface area contributed by atoms with Crippen LogP contribution < -0.4 is 5.32 Å². The number of benzene rings is 1. The van der Waals surface area contributed by atoms with Gasteiger partial charge in [-0.25, -0.2) is 4.98 Å². The van der Waals surface area contributed by atoms with E-state index in [0.717, 1.165) is 41.6 Å². The zero-order valence-corrected chi connectivity index (χ0v) is 15.9. The minimum atomic E-state index is 0.0565. The highest BCUT2D eigenvalue weighted by Gasteiger charge is 2.53. The van der Waals surface area contributed by atoms with Gasteiger partial charge in [0.15, 0.2) is 10.9 Å². The van der Waals surface area contributed by atoms with Gasteiger partial charge >= 0.3 is 0 Å². The van der Waals surface area contributed by atoms with Crippen LogP contribution in [0.5, 0.6) is 0 Å². The zero-order valence-electron chi connectivity index (χ0n) is 15.1. The summed E-state index contributed by atoms with van der Waals surface area (Å²) in [5, 5.41) is 4.09. The number of carbonyl (C=O) groups is 1. The fraction of sp³-hybridized carbons (Fsp3) is 0.600. The van der Waals surface area contributed by atoms with Crippen molar-refractivity contribution < 1.29 is 4.79 Å². The molecular weight excluding hydrogens is 330 g/mol. The SMILES string of the molecule is CNc1nc2ccc3c(c2s1)[C@@]1(C)CCN(CC2CC2)[C@H](C3=O)[C@@H]1C. The Morgan fingerprint density at radius 1 is 1.40 bits per heavy atom. The second-order valence-electron chi connectivity index (χ2n) is 8.31. The summed E-state index contributed by atoms with van der Waals surface area (Å²) in [5.74, 6) is 1.51. The Morgan fingerprint density at radius 3 is 2.92 bits per heavy atom. The summed E-state index contributed by atoms with van der Waals surface area (Å²) in [4.78, 5) is 20.6. The molecule has 0 unspecified atom stereocenters. The van der Waals surface area contributed by atoms with Crippen LogP contribution in [0.2, 0.25) is 0 Å². The van der Waals surface area contributed by atoms with E-state index in [-0.39, 0.29) is 11.5 Å². The number of hydrogen-bond donors (Lipinski definition) is 1. The summed E-state index contributed by atoms with van der Waals surface area (Å²) >= 11 is 1.69. The number of piperidine rings is 1. The number of hydrogen-bond acceptors (Lipinski definition) is 5. The van der Waals surface area contributed by atoms with Gasteiger partial charge in [-0.15, -0.1) is 0 Å². The molecule has 2 fully saturated rings. The maximum absolute atomic E-state index is 13.4. The predicted molar refractivity (Wildman–Crippen MR) is 103 cm³/mol. The van der Waals surface area contributed by atoms with E-state index in [1.165, 1.54) is 23.1 Å². The lowest BCUT2D eigenvalue weighted by atomic mass is 9.58. The van der Waals surface area contributed by atoms with Crippen LogP contribution in [0.3, 0.4) is 0 Å². The molecule has 1 saturated heterocycles. The summed E-state index contributed by atoms with van der Waals surface area (Å²) in [6.45, 7) is 6.83. The van der Waals surface area contributed by atoms with Gasteiger partial charge in [0, 0.05) is 24.6 Å². The van der Waals surface area contributed by atoms with Gasteiger partial charge in [-0.2, -0.15) is 0 Å². The monoisotopic (exact) mass is 355 g/mol. The van der Waals surface area contributed by atoms with Gasteiger partial charge in [0.05, 0.1) is 16.3 Å². The van der Waals surface area contributed by atoms with Crippen LogP contribution in [0.15, 0.2) is 12.1 Å². The van der Waals surface area contributed by atoms with Crippen LogP contribution in [0.1, 0.15) is 49.0 Å². The van der Waals surface area contributed by atoms with Gasteiger partial charge in [-0.1, -0.05) is 25.2 Å². The van der Waals surface area contributed by atoms with Crippen LogP contribution in [0, 0.1) is 11.8 Å². The Balaban J connectivity index is 1.68. The van der Waals surface area contributed by atoms with Gasteiger partial charge in [-0.3, -0.25) is 9.69 Å². The topological polar surface area (TPSA) is 45.2 Å². The smallest absolute Gasteiger partial charge is 0.183 e. The van der Waals surface area contributed by atoms with E-state index in [0.29, 0.717) is 11.7 Å². The fourth-order valence-electron chi connectivity index (χ4n) is 5.02. The van der Waals surface area contributed by atoms with Crippen molar-refractivity contribution in [1.29, 1.82) is 0 Å². The van der Waals surface area contributed by atoms with Crippen molar-refractivity contribution in [2.45, 2.75) is 44.6 Å². The first kappa shape index (κ1) is 15.8. The lowest BCUT2D eigenvalue weighted by Gasteiger charge is -2.53.